The molecule has 2 aliphatic rings. The summed E-state index contributed by atoms with van der Waals surface area (Å²) < 4.78 is 68.6. The predicted octanol–water partition coefficient (Wildman–Crippen LogP) is 11.2. The van der Waals surface area contributed by atoms with Crippen LogP contribution in [-0.4, -0.2) is 51.0 Å². The highest BCUT2D eigenvalue weighted by Crippen LogP contribution is 2.39. The second-order valence-corrected chi connectivity index (χ2v) is 15.7. The first-order valence-corrected chi connectivity index (χ1v) is 20.6. The third-order valence-corrected chi connectivity index (χ3v) is 11.5. The number of ketones is 1. The van der Waals surface area contributed by atoms with Crippen molar-refractivity contribution in [2.24, 2.45) is 0 Å². The smallest absolute Gasteiger partial charge is 0.223 e. The van der Waals surface area contributed by atoms with E-state index in [0.29, 0.717) is 40.1 Å². The van der Waals surface area contributed by atoms with Crippen molar-refractivity contribution in [3.63, 3.8) is 0 Å². The summed E-state index contributed by atoms with van der Waals surface area (Å²) in [4.78, 5) is 27.9. The average Bonchev–Trinajstić information content (AvgIpc) is 3.64. The Morgan fingerprint density at radius 2 is 1.57 bits per heavy atom. The van der Waals surface area contributed by atoms with Crippen LogP contribution in [0.25, 0.3) is 22.6 Å². The maximum absolute atomic E-state index is 14.1. The molecule has 2 aromatic heterocycles. The number of hydrogen-bond donors (Lipinski definition) is 2. The molecule has 0 spiro atoms. The molecule has 0 radical (unpaired) electrons. The summed E-state index contributed by atoms with van der Waals surface area (Å²) >= 11 is 13.0. The van der Waals surface area contributed by atoms with Crippen LogP contribution in [0.3, 0.4) is 0 Å². The first-order valence-electron chi connectivity index (χ1n) is 19.8. The zero-order valence-electron chi connectivity index (χ0n) is 32.3. The number of nitrogens with zero attached hydrogens (tertiary/aromatic N) is 4. The quantitative estimate of drug-likeness (QED) is 0.0672. The molecule has 8 rings (SSSR count). The molecule has 1 saturated heterocycles. The van der Waals surface area contributed by atoms with E-state index in [1.807, 2.05) is 42.5 Å². The van der Waals surface area contributed by atoms with Crippen molar-refractivity contribution in [3.05, 3.63) is 135 Å². The van der Waals surface area contributed by atoms with E-state index in [-0.39, 0.29) is 17.5 Å². The van der Waals surface area contributed by atoms with Gasteiger partial charge in [-0.3, -0.25) is 4.79 Å². The number of ether oxygens (including phenoxy) is 2. The maximum atomic E-state index is 14.1. The van der Waals surface area contributed by atoms with Crippen LogP contribution < -0.4 is 20.1 Å². The minimum Gasteiger partial charge on any atom is -0.479 e. The van der Waals surface area contributed by atoms with Crippen molar-refractivity contribution in [2.75, 3.05) is 25.0 Å². The molecule has 1 aliphatic carbocycles. The lowest BCUT2D eigenvalue weighted by Crippen LogP contribution is -2.28. The summed E-state index contributed by atoms with van der Waals surface area (Å²) in [5, 5.41) is 7.91. The van der Waals surface area contributed by atoms with Crippen LogP contribution in [0.2, 0.25) is 10.0 Å². The van der Waals surface area contributed by atoms with Crippen molar-refractivity contribution >= 4 is 34.9 Å². The third-order valence-electron chi connectivity index (χ3n) is 10.8. The predicted molar refractivity (Wildman–Crippen MR) is 222 cm³/mol. The second-order valence-electron chi connectivity index (χ2n) is 14.9. The molecule has 310 valence electrons. The second kappa shape index (κ2) is 18.4. The van der Waals surface area contributed by atoms with Gasteiger partial charge in [-0.05, 0) is 86.8 Å². The minimum atomic E-state index is -1.73. The molecule has 4 aromatic carbocycles. The van der Waals surface area contributed by atoms with Crippen molar-refractivity contribution in [1.82, 2.24) is 24.8 Å². The summed E-state index contributed by atoms with van der Waals surface area (Å²) in [6.07, 6.45) is 9.33. The molecule has 0 atom stereocenters. The largest absolute Gasteiger partial charge is 0.479 e. The minimum absolute atomic E-state index is 0.0644. The van der Waals surface area contributed by atoms with E-state index in [1.165, 1.54) is 31.4 Å². The van der Waals surface area contributed by atoms with Crippen molar-refractivity contribution in [2.45, 2.75) is 63.5 Å². The van der Waals surface area contributed by atoms with E-state index >= 15 is 0 Å². The summed E-state index contributed by atoms with van der Waals surface area (Å²) in [6.45, 7) is 1.32. The number of imidazole rings is 1. The number of Topliss-reactive ketones (excluding diaryl/α,β-unsaturated/α-hetero) is 1. The van der Waals surface area contributed by atoms with Crippen LogP contribution in [0.1, 0.15) is 72.6 Å². The van der Waals surface area contributed by atoms with E-state index in [2.05, 4.69) is 20.2 Å². The lowest BCUT2D eigenvalue weighted by molar-refractivity contribution is 0.0913. The molecule has 2 fully saturated rings. The molecule has 3 heterocycles. The lowest BCUT2D eigenvalue weighted by atomic mass is 9.96. The summed E-state index contributed by atoms with van der Waals surface area (Å²) in [7, 11) is 0. The first-order chi connectivity index (χ1) is 29.1. The lowest BCUT2D eigenvalue weighted by Gasteiger charge is -2.24. The Morgan fingerprint density at radius 1 is 0.817 bits per heavy atom. The van der Waals surface area contributed by atoms with Crippen molar-refractivity contribution in [1.29, 1.82) is 0 Å². The monoisotopic (exact) mass is 858 g/mol. The first kappa shape index (κ1) is 41.2. The zero-order chi connectivity index (χ0) is 41.8. The Kier molecular flexibility index (Phi) is 12.7. The Morgan fingerprint density at radius 3 is 2.30 bits per heavy atom. The number of halogens is 6. The van der Waals surface area contributed by atoms with Gasteiger partial charge in [0.05, 0.1) is 27.1 Å². The fourth-order valence-electron chi connectivity index (χ4n) is 7.73. The number of benzene rings is 4. The molecular formula is C45H40Cl2F4N6O3. The number of carbonyl (C=O) groups is 1. The number of hydrogen-bond acceptors (Lipinski definition) is 8. The molecular weight excluding hydrogens is 819 g/mol. The number of nitrogens with one attached hydrogen (secondary N) is 2. The van der Waals surface area contributed by atoms with Crippen LogP contribution in [0, 0.1) is 23.3 Å². The van der Waals surface area contributed by atoms with Gasteiger partial charge in [0, 0.05) is 41.9 Å². The van der Waals surface area contributed by atoms with Crippen LogP contribution in [0.5, 0.6) is 17.2 Å². The molecule has 2 N–H and O–H groups in total. The van der Waals surface area contributed by atoms with Crippen molar-refractivity contribution < 1.29 is 31.8 Å². The van der Waals surface area contributed by atoms with Gasteiger partial charge in [0.2, 0.25) is 17.6 Å². The molecule has 0 bridgehead atoms. The highest BCUT2D eigenvalue weighted by Gasteiger charge is 2.29. The standard InChI is InChI=1S/C45H40Cl2F4N6O3/c46-33-14-11-29(22-34(33)47)41-42(37-17-20-53-45(55-37)54-30-6-2-1-3-7-30)57(44(56-41)27-15-18-52-19-16-27)24-26-9-12-31(13-10-26)60-32-8-4-5-28(21-32)38(58)25-59-43-39(50)35(48)23-36(49)40(43)51/h4-5,8-14,17,20-23,27,30,52H,1-3,6-7,15-16,18-19,24-25H2,(H,53,54,55). The third kappa shape index (κ3) is 9.28. The van der Waals surface area contributed by atoms with E-state index in [1.54, 1.807) is 24.4 Å². The summed E-state index contributed by atoms with van der Waals surface area (Å²) in [5.74, 6) is -6.27. The van der Waals surface area contributed by atoms with Crippen LogP contribution in [-0.2, 0) is 6.54 Å². The van der Waals surface area contributed by atoms with Gasteiger partial charge < -0.3 is 24.7 Å². The van der Waals surface area contributed by atoms with E-state index in [4.69, 9.17) is 42.6 Å². The highest BCUT2D eigenvalue weighted by atomic mass is 35.5. The Hall–Kier alpha value is -5.50. The molecule has 60 heavy (non-hydrogen) atoms. The normalized spacial score (nSPS) is 14.9. The van der Waals surface area contributed by atoms with Crippen LogP contribution in [0.15, 0.2) is 85.1 Å². The number of piperidine rings is 1. The van der Waals surface area contributed by atoms with E-state index in [9.17, 15) is 22.4 Å². The highest BCUT2D eigenvalue weighted by molar-refractivity contribution is 6.42. The van der Waals surface area contributed by atoms with Crippen LogP contribution in [0.4, 0.5) is 23.5 Å². The topological polar surface area (TPSA) is 103 Å². The van der Waals surface area contributed by atoms with Crippen LogP contribution >= 0.6 is 23.2 Å². The van der Waals surface area contributed by atoms with Gasteiger partial charge in [-0.25, -0.2) is 23.7 Å². The fraction of sp³-hybridized carbons (Fsp3) is 0.289. The Bertz CT molecular complexity index is 2480. The van der Waals surface area contributed by atoms with Gasteiger partial charge in [0.15, 0.2) is 29.8 Å². The number of aromatic nitrogens is 4. The maximum Gasteiger partial charge on any atom is 0.223 e. The SMILES string of the molecule is O=C(COc1c(F)c(F)cc(F)c1F)c1cccc(Oc2ccc(Cn3c(C4CCNCC4)nc(-c4ccc(Cl)c(Cl)c4)c3-c3ccnc(NC4CCCCC4)n3)cc2)c1. The van der Waals surface area contributed by atoms with Gasteiger partial charge in [0.25, 0.3) is 0 Å². The molecule has 6 aromatic rings. The number of rotatable bonds is 13. The summed E-state index contributed by atoms with van der Waals surface area (Å²) in [6, 6.07) is 21.4. The molecule has 0 amide bonds. The Labute approximate surface area is 354 Å². The van der Waals surface area contributed by atoms with Gasteiger partial charge >= 0.3 is 0 Å². The number of carbonyl (C=O) groups excluding carboxylic acids is 1. The fourth-order valence-corrected chi connectivity index (χ4v) is 8.03. The van der Waals surface area contributed by atoms with Crippen molar-refractivity contribution in [3.8, 4) is 39.9 Å². The summed E-state index contributed by atoms with van der Waals surface area (Å²) in [5.41, 5.74) is 4.15. The number of anilines is 1. The molecule has 1 aliphatic heterocycles. The van der Waals surface area contributed by atoms with Gasteiger partial charge in [-0.1, -0.05) is 72.8 Å². The zero-order valence-corrected chi connectivity index (χ0v) is 33.8. The molecule has 0 unspecified atom stereocenters. The molecule has 15 heteroatoms. The Balaban J connectivity index is 1.07. The van der Waals surface area contributed by atoms with E-state index < -0.39 is 41.4 Å². The van der Waals surface area contributed by atoms with E-state index in [0.717, 1.165) is 72.8 Å². The van der Waals surface area contributed by atoms with Gasteiger partial charge in [-0.15, -0.1) is 0 Å². The van der Waals surface area contributed by atoms with Gasteiger partial charge in [-0.2, -0.15) is 8.78 Å². The molecule has 1 saturated carbocycles. The molecule has 9 nitrogen and oxygen atoms in total. The average molecular weight is 860 g/mol. The van der Waals surface area contributed by atoms with Gasteiger partial charge in [0.1, 0.15) is 17.3 Å².